The zero-order valence-corrected chi connectivity index (χ0v) is 12.0. The number of aromatic nitrogens is 1. The Balaban J connectivity index is 2.00. The van der Waals surface area contributed by atoms with Gasteiger partial charge in [0.1, 0.15) is 12.4 Å². The van der Waals surface area contributed by atoms with E-state index in [1.54, 1.807) is 54.7 Å². The van der Waals surface area contributed by atoms with E-state index in [-0.39, 0.29) is 5.91 Å². The van der Waals surface area contributed by atoms with Crippen molar-refractivity contribution in [2.24, 2.45) is 0 Å². The van der Waals surface area contributed by atoms with Gasteiger partial charge in [-0.3, -0.25) is 9.78 Å². The molecule has 0 aliphatic rings. The summed E-state index contributed by atoms with van der Waals surface area (Å²) in [6.45, 7) is 4.60. The largest absolute Gasteiger partial charge is 0.490 e. The van der Waals surface area contributed by atoms with E-state index in [0.29, 0.717) is 18.7 Å². The number of benzene rings is 1. The quantitative estimate of drug-likeness (QED) is 0.765. The zero-order valence-electron chi connectivity index (χ0n) is 12.0. The molecule has 0 spiro atoms. The molecule has 1 heterocycles. The number of ether oxygens (including phenoxy) is 1. The van der Waals surface area contributed by atoms with E-state index in [2.05, 4.69) is 11.6 Å². The number of nitrogens with zero attached hydrogens (tertiary/aromatic N) is 2. The topological polar surface area (TPSA) is 42.4 Å². The highest BCUT2D eigenvalue weighted by Gasteiger charge is 2.11. The van der Waals surface area contributed by atoms with Gasteiger partial charge in [0.25, 0.3) is 5.91 Å². The predicted octanol–water partition coefficient (Wildman–Crippen LogP) is 2.92. The van der Waals surface area contributed by atoms with Crippen LogP contribution in [0.3, 0.4) is 0 Å². The van der Waals surface area contributed by atoms with Crippen molar-refractivity contribution in [3.05, 3.63) is 72.6 Å². The Morgan fingerprint density at radius 3 is 2.52 bits per heavy atom. The molecule has 2 aromatic rings. The first kappa shape index (κ1) is 14.8. The Labute approximate surface area is 124 Å². The van der Waals surface area contributed by atoms with Gasteiger partial charge >= 0.3 is 0 Å². The van der Waals surface area contributed by atoms with Crippen LogP contribution in [-0.2, 0) is 6.54 Å². The Morgan fingerprint density at radius 1 is 1.24 bits per heavy atom. The SMILES string of the molecule is C=CCOc1ccc(C(=O)N(C)Cc2ccncc2)cc1. The van der Waals surface area contributed by atoms with Crippen LogP contribution in [0.15, 0.2) is 61.4 Å². The van der Waals surface area contributed by atoms with Crippen molar-refractivity contribution in [1.29, 1.82) is 0 Å². The Bertz CT molecular complexity index is 594. The lowest BCUT2D eigenvalue weighted by Gasteiger charge is -2.17. The third-order valence-electron chi connectivity index (χ3n) is 2.98. The van der Waals surface area contributed by atoms with Crippen LogP contribution < -0.4 is 4.74 Å². The molecule has 0 N–H and O–H groups in total. The van der Waals surface area contributed by atoms with Gasteiger partial charge in [0, 0.05) is 31.5 Å². The maximum Gasteiger partial charge on any atom is 0.253 e. The average Bonchev–Trinajstić information content (AvgIpc) is 2.53. The Kier molecular flexibility index (Phi) is 5.10. The monoisotopic (exact) mass is 282 g/mol. The van der Waals surface area contributed by atoms with E-state index in [4.69, 9.17) is 4.74 Å². The molecule has 2 rings (SSSR count). The van der Waals surface area contributed by atoms with E-state index in [1.165, 1.54) is 0 Å². The molecular weight excluding hydrogens is 264 g/mol. The van der Waals surface area contributed by atoms with Crippen LogP contribution in [0.1, 0.15) is 15.9 Å². The predicted molar refractivity (Wildman–Crippen MR) is 82.2 cm³/mol. The van der Waals surface area contributed by atoms with Gasteiger partial charge in [-0.25, -0.2) is 0 Å². The minimum atomic E-state index is -0.0258. The minimum Gasteiger partial charge on any atom is -0.490 e. The zero-order chi connectivity index (χ0) is 15.1. The molecule has 4 nitrogen and oxygen atoms in total. The van der Waals surface area contributed by atoms with Gasteiger partial charge < -0.3 is 9.64 Å². The van der Waals surface area contributed by atoms with E-state index >= 15 is 0 Å². The van der Waals surface area contributed by atoms with E-state index in [9.17, 15) is 4.79 Å². The second-order valence-electron chi connectivity index (χ2n) is 4.64. The van der Waals surface area contributed by atoms with Crippen LogP contribution >= 0.6 is 0 Å². The third kappa shape index (κ3) is 4.18. The first-order chi connectivity index (χ1) is 10.2. The second-order valence-corrected chi connectivity index (χ2v) is 4.64. The van der Waals surface area contributed by atoms with E-state index < -0.39 is 0 Å². The van der Waals surface area contributed by atoms with Crippen LogP contribution in [0.4, 0.5) is 0 Å². The molecule has 0 aliphatic heterocycles. The first-order valence-corrected chi connectivity index (χ1v) is 6.69. The molecule has 0 fully saturated rings. The van der Waals surface area contributed by atoms with Gasteiger partial charge in [-0.05, 0) is 42.0 Å². The van der Waals surface area contributed by atoms with Crippen LogP contribution in [-0.4, -0.2) is 29.4 Å². The highest BCUT2D eigenvalue weighted by atomic mass is 16.5. The maximum absolute atomic E-state index is 12.3. The Hall–Kier alpha value is -2.62. The summed E-state index contributed by atoms with van der Waals surface area (Å²) < 4.78 is 5.40. The van der Waals surface area contributed by atoms with Crippen LogP contribution in [0.25, 0.3) is 0 Å². The number of rotatable bonds is 6. The molecule has 1 aromatic carbocycles. The number of carbonyl (C=O) groups excluding carboxylic acids is 1. The van der Waals surface area contributed by atoms with Crippen LogP contribution in [0, 0.1) is 0 Å². The highest BCUT2D eigenvalue weighted by Crippen LogP contribution is 2.14. The van der Waals surface area contributed by atoms with Crippen molar-refractivity contribution in [2.45, 2.75) is 6.54 Å². The van der Waals surface area contributed by atoms with Crippen molar-refractivity contribution in [3.8, 4) is 5.75 Å². The van der Waals surface area contributed by atoms with Gasteiger partial charge in [-0.2, -0.15) is 0 Å². The van der Waals surface area contributed by atoms with Gasteiger partial charge in [0.15, 0.2) is 0 Å². The number of hydrogen-bond donors (Lipinski definition) is 0. The first-order valence-electron chi connectivity index (χ1n) is 6.69. The highest BCUT2D eigenvalue weighted by molar-refractivity contribution is 5.94. The van der Waals surface area contributed by atoms with Gasteiger partial charge in [-0.1, -0.05) is 12.7 Å². The van der Waals surface area contributed by atoms with Gasteiger partial charge in [0.05, 0.1) is 0 Å². The fraction of sp³-hybridized carbons (Fsp3) is 0.176. The number of hydrogen-bond acceptors (Lipinski definition) is 3. The molecule has 0 saturated heterocycles. The minimum absolute atomic E-state index is 0.0258. The van der Waals surface area contributed by atoms with Crippen LogP contribution in [0.2, 0.25) is 0 Å². The van der Waals surface area contributed by atoms with Crippen LogP contribution in [0.5, 0.6) is 5.75 Å². The molecule has 4 heteroatoms. The molecule has 0 aliphatic carbocycles. The molecule has 21 heavy (non-hydrogen) atoms. The van der Waals surface area contributed by atoms with Crippen molar-refractivity contribution in [2.75, 3.05) is 13.7 Å². The number of pyridine rings is 1. The molecule has 0 radical (unpaired) electrons. The maximum atomic E-state index is 12.3. The second kappa shape index (κ2) is 7.24. The van der Waals surface area contributed by atoms with Gasteiger partial charge in [-0.15, -0.1) is 0 Å². The normalized spacial score (nSPS) is 9.95. The molecule has 0 atom stereocenters. The third-order valence-corrected chi connectivity index (χ3v) is 2.98. The van der Waals surface area contributed by atoms with Gasteiger partial charge in [0.2, 0.25) is 0 Å². The summed E-state index contributed by atoms with van der Waals surface area (Å²) >= 11 is 0. The summed E-state index contributed by atoms with van der Waals surface area (Å²) in [5, 5.41) is 0. The molecule has 0 unspecified atom stereocenters. The van der Waals surface area contributed by atoms with Crippen molar-refractivity contribution in [3.63, 3.8) is 0 Å². The lowest BCUT2D eigenvalue weighted by Crippen LogP contribution is -2.26. The summed E-state index contributed by atoms with van der Waals surface area (Å²) in [4.78, 5) is 18.0. The fourth-order valence-corrected chi connectivity index (χ4v) is 1.90. The molecular formula is C17H18N2O2. The molecule has 0 bridgehead atoms. The lowest BCUT2D eigenvalue weighted by molar-refractivity contribution is 0.0785. The summed E-state index contributed by atoms with van der Waals surface area (Å²) in [5.41, 5.74) is 1.68. The Morgan fingerprint density at radius 2 is 1.90 bits per heavy atom. The summed E-state index contributed by atoms with van der Waals surface area (Å²) in [5.74, 6) is 0.699. The molecule has 108 valence electrons. The summed E-state index contributed by atoms with van der Waals surface area (Å²) in [6, 6.07) is 10.9. The lowest BCUT2D eigenvalue weighted by atomic mass is 10.2. The van der Waals surface area contributed by atoms with Crippen molar-refractivity contribution in [1.82, 2.24) is 9.88 Å². The van der Waals surface area contributed by atoms with Crippen molar-refractivity contribution < 1.29 is 9.53 Å². The standard InChI is InChI=1S/C17H18N2O2/c1-3-12-21-16-6-4-15(5-7-16)17(20)19(2)13-14-8-10-18-11-9-14/h3-11H,1,12-13H2,2H3. The number of carbonyl (C=O) groups is 1. The summed E-state index contributed by atoms with van der Waals surface area (Å²) in [7, 11) is 1.78. The number of amides is 1. The average molecular weight is 282 g/mol. The smallest absolute Gasteiger partial charge is 0.253 e. The summed E-state index contributed by atoms with van der Waals surface area (Å²) in [6.07, 6.45) is 5.13. The molecule has 1 amide bonds. The van der Waals surface area contributed by atoms with E-state index in [1.807, 2.05) is 12.1 Å². The molecule has 0 saturated carbocycles. The van der Waals surface area contributed by atoms with Crippen molar-refractivity contribution >= 4 is 5.91 Å². The molecule has 1 aromatic heterocycles. The fourth-order valence-electron chi connectivity index (χ4n) is 1.90. The van der Waals surface area contributed by atoms with E-state index in [0.717, 1.165) is 11.3 Å².